The van der Waals surface area contributed by atoms with E-state index in [0.29, 0.717) is 5.69 Å². The average Bonchev–Trinajstić information content (AvgIpc) is 2.47. The molecule has 6 heteroatoms. The molecule has 0 aliphatic carbocycles. The third kappa shape index (κ3) is 3.21. The van der Waals surface area contributed by atoms with E-state index in [-0.39, 0.29) is 5.69 Å². The molecule has 0 radical (unpaired) electrons. The van der Waals surface area contributed by atoms with Crippen molar-refractivity contribution in [2.45, 2.75) is 9.79 Å². The molecule has 0 bridgehead atoms. The number of benzene rings is 2. The number of nitro groups is 1. The first-order valence-electron chi connectivity index (χ1n) is 5.92. The van der Waals surface area contributed by atoms with Gasteiger partial charge in [0, 0.05) is 29.8 Å². The van der Waals surface area contributed by atoms with E-state index in [1.54, 1.807) is 20.2 Å². The minimum Gasteiger partial charge on any atom is -0.496 e. The normalized spacial score (nSPS) is 10.1. The average molecular weight is 290 g/mol. The third-order valence-electron chi connectivity index (χ3n) is 2.69. The van der Waals surface area contributed by atoms with E-state index in [1.807, 2.05) is 30.3 Å². The zero-order chi connectivity index (χ0) is 14.5. The van der Waals surface area contributed by atoms with Gasteiger partial charge in [0.2, 0.25) is 0 Å². The van der Waals surface area contributed by atoms with Gasteiger partial charge in [-0.05, 0) is 18.2 Å². The summed E-state index contributed by atoms with van der Waals surface area (Å²) in [4.78, 5) is 12.2. The molecule has 0 fully saturated rings. The van der Waals surface area contributed by atoms with Crippen LogP contribution in [0.2, 0.25) is 0 Å². The highest BCUT2D eigenvalue weighted by molar-refractivity contribution is 7.99. The van der Waals surface area contributed by atoms with Crippen LogP contribution in [0.25, 0.3) is 0 Å². The van der Waals surface area contributed by atoms with Crippen LogP contribution in [0.4, 0.5) is 11.4 Å². The van der Waals surface area contributed by atoms with E-state index in [4.69, 9.17) is 4.74 Å². The molecule has 0 heterocycles. The van der Waals surface area contributed by atoms with E-state index in [1.165, 1.54) is 17.8 Å². The van der Waals surface area contributed by atoms with Crippen LogP contribution < -0.4 is 10.1 Å². The smallest absolute Gasteiger partial charge is 0.272 e. The summed E-state index contributed by atoms with van der Waals surface area (Å²) in [5, 5.41) is 13.9. The second-order valence-electron chi connectivity index (χ2n) is 3.98. The monoisotopic (exact) mass is 290 g/mol. The van der Waals surface area contributed by atoms with Gasteiger partial charge in [-0.1, -0.05) is 23.9 Å². The molecule has 0 unspecified atom stereocenters. The van der Waals surface area contributed by atoms with E-state index < -0.39 is 4.92 Å². The van der Waals surface area contributed by atoms with Crippen molar-refractivity contribution in [3.05, 3.63) is 52.6 Å². The summed E-state index contributed by atoms with van der Waals surface area (Å²) < 4.78 is 5.28. The topological polar surface area (TPSA) is 64.4 Å². The van der Waals surface area contributed by atoms with E-state index >= 15 is 0 Å². The van der Waals surface area contributed by atoms with Gasteiger partial charge in [0.15, 0.2) is 0 Å². The lowest BCUT2D eigenvalue weighted by Crippen LogP contribution is -1.93. The van der Waals surface area contributed by atoms with Gasteiger partial charge >= 0.3 is 0 Å². The Labute approximate surface area is 121 Å². The van der Waals surface area contributed by atoms with Crippen molar-refractivity contribution < 1.29 is 9.66 Å². The van der Waals surface area contributed by atoms with E-state index in [2.05, 4.69) is 5.32 Å². The molecule has 0 saturated heterocycles. The number of methoxy groups -OCH3 is 1. The Morgan fingerprint density at radius 3 is 2.65 bits per heavy atom. The van der Waals surface area contributed by atoms with Gasteiger partial charge < -0.3 is 10.1 Å². The lowest BCUT2D eigenvalue weighted by Gasteiger charge is -2.09. The summed E-state index contributed by atoms with van der Waals surface area (Å²) in [6.07, 6.45) is 0. The molecule has 2 rings (SSSR count). The molecule has 0 aliphatic heterocycles. The number of hydrogen-bond acceptors (Lipinski definition) is 5. The first kappa shape index (κ1) is 14.2. The summed E-state index contributed by atoms with van der Waals surface area (Å²) in [6.45, 7) is 0. The van der Waals surface area contributed by atoms with Crippen LogP contribution in [0.1, 0.15) is 0 Å². The zero-order valence-electron chi connectivity index (χ0n) is 11.1. The number of ether oxygens (including phenoxy) is 1. The van der Waals surface area contributed by atoms with Crippen molar-refractivity contribution >= 4 is 23.1 Å². The Bertz CT molecular complexity index is 632. The number of rotatable bonds is 5. The van der Waals surface area contributed by atoms with Crippen molar-refractivity contribution in [1.82, 2.24) is 0 Å². The molecule has 2 aromatic rings. The minimum absolute atomic E-state index is 0.0641. The van der Waals surface area contributed by atoms with Crippen molar-refractivity contribution in [2.75, 3.05) is 19.5 Å². The first-order valence-corrected chi connectivity index (χ1v) is 6.74. The number of para-hydroxylation sites is 1. The van der Waals surface area contributed by atoms with Crippen LogP contribution in [0.15, 0.2) is 52.3 Å². The van der Waals surface area contributed by atoms with Gasteiger partial charge in [0.1, 0.15) is 5.75 Å². The van der Waals surface area contributed by atoms with Crippen LogP contribution in [-0.2, 0) is 0 Å². The number of nitrogens with one attached hydrogen (secondary N) is 1. The second-order valence-corrected chi connectivity index (χ2v) is 5.09. The van der Waals surface area contributed by atoms with Gasteiger partial charge in [0.25, 0.3) is 5.69 Å². The number of hydrogen-bond donors (Lipinski definition) is 1. The summed E-state index contributed by atoms with van der Waals surface area (Å²) >= 11 is 1.43. The van der Waals surface area contributed by atoms with Crippen LogP contribution in [-0.4, -0.2) is 19.1 Å². The molecule has 20 heavy (non-hydrogen) atoms. The highest BCUT2D eigenvalue weighted by atomic mass is 32.2. The highest BCUT2D eigenvalue weighted by Gasteiger charge is 2.11. The van der Waals surface area contributed by atoms with Crippen molar-refractivity contribution in [1.29, 1.82) is 0 Å². The predicted molar refractivity (Wildman–Crippen MR) is 79.8 cm³/mol. The van der Waals surface area contributed by atoms with Crippen molar-refractivity contribution in [2.24, 2.45) is 0 Å². The molecule has 104 valence electrons. The number of non-ortho nitro benzene ring substituents is 1. The van der Waals surface area contributed by atoms with Crippen LogP contribution in [0.3, 0.4) is 0 Å². The molecule has 0 spiro atoms. The summed E-state index contributed by atoms with van der Waals surface area (Å²) in [7, 11) is 3.34. The zero-order valence-corrected chi connectivity index (χ0v) is 11.9. The number of anilines is 1. The van der Waals surface area contributed by atoms with Gasteiger partial charge in [-0.25, -0.2) is 0 Å². The number of nitro benzene ring substituents is 1. The second kappa shape index (κ2) is 6.29. The molecule has 2 aromatic carbocycles. The van der Waals surface area contributed by atoms with Crippen molar-refractivity contribution in [3.8, 4) is 5.75 Å². The van der Waals surface area contributed by atoms with Gasteiger partial charge in [-0.2, -0.15) is 0 Å². The van der Waals surface area contributed by atoms with Crippen LogP contribution >= 0.6 is 11.8 Å². The molecule has 0 aromatic heterocycles. The Kier molecular flexibility index (Phi) is 4.47. The Morgan fingerprint density at radius 2 is 2.00 bits per heavy atom. The summed E-state index contributed by atoms with van der Waals surface area (Å²) in [5.41, 5.74) is 0.769. The molecule has 0 atom stereocenters. The maximum atomic E-state index is 10.9. The molecule has 0 aliphatic rings. The summed E-state index contributed by atoms with van der Waals surface area (Å²) in [5.74, 6) is 0.745. The molecule has 0 saturated carbocycles. The van der Waals surface area contributed by atoms with Gasteiger partial charge in [0.05, 0.1) is 16.9 Å². The Hall–Kier alpha value is -2.21. The van der Waals surface area contributed by atoms with Crippen molar-refractivity contribution in [3.63, 3.8) is 0 Å². The first-order chi connectivity index (χ1) is 9.63. The standard InChI is InChI=1S/C14H14N2O3S/c1-15-10-7-11(16(17)18)9-12(8-10)20-14-6-4-3-5-13(14)19-2/h3-9,15H,1-2H3. The van der Waals surface area contributed by atoms with Crippen LogP contribution in [0.5, 0.6) is 5.75 Å². The maximum Gasteiger partial charge on any atom is 0.272 e. The molecule has 5 nitrogen and oxygen atoms in total. The third-order valence-corrected chi connectivity index (χ3v) is 3.72. The summed E-state index contributed by atoms with van der Waals surface area (Å²) in [6, 6.07) is 12.5. The SMILES string of the molecule is CNc1cc(Sc2ccccc2OC)cc([N+](=O)[O-])c1. The van der Waals surface area contributed by atoms with Gasteiger partial charge in [-0.15, -0.1) is 0 Å². The fourth-order valence-corrected chi connectivity index (χ4v) is 2.74. The minimum atomic E-state index is -0.396. The lowest BCUT2D eigenvalue weighted by molar-refractivity contribution is -0.385. The quantitative estimate of drug-likeness (QED) is 0.670. The fraction of sp³-hybridized carbons (Fsp3) is 0.143. The number of nitrogens with zero attached hydrogens (tertiary/aromatic N) is 1. The Morgan fingerprint density at radius 1 is 1.25 bits per heavy atom. The van der Waals surface area contributed by atoms with E-state index in [9.17, 15) is 10.1 Å². The molecule has 0 amide bonds. The Balaban J connectivity index is 2.37. The van der Waals surface area contributed by atoms with Gasteiger partial charge in [-0.3, -0.25) is 10.1 Å². The predicted octanol–water partition coefficient (Wildman–Crippen LogP) is 3.80. The molecular weight excluding hydrogens is 276 g/mol. The fourth-order valence-electron chi connectivity index (χ4n) is 1.72. The highest BCUT2D eigenvalue weighted by Crippen LogP contribution is 2.37. The van der Waals surface area contributed by atoms with E-state index in [0.717, 1.165) is 15.5 Å². The molecule has 1 N–H and O–H groups in total. The lowest BCUT2D eigenvalue weighted by atomic mass is 10.3. The van der Waals surface area contributed by atoms with Crippen LogP contribution in [0, 0.1) is 10.1 Å². The largest absolute Gasteiger partial charge is 0.496 e. The maximum absolute atomic E-state index is 10.9. The molecular formula is C14H14N2O3S.